The van der Waals surface area contributed by atoms with Crippen molar-refractivity contribution >= 4 is 23.7 Å². The monoisotopic (exact) mass is 266 g/mol. The lowest BCUT2D eigenvalue weighted by Crippen LogP contribution is -2.12. The minimum Gasteiger partial charge on any atom is -0.465 e. The number of ether oxygens (including phenoxy) is 1. The van der Waals surface area contributed by atoms with E-state index in [4.69, 9.17) is 0 Å². The van der Waals surface area contributed by atoms with Gasteiger partial charge in [0.1, 0.15) is 11.6 Å². The van der Waals surface area contributed by atoms with Gasteiger partial charge in [-0.15, -0.1) is 0 Å². The lowest BCUT2D eigenvalue weighted by Gasteiger charge is -2.07. The van der Waals surface area contributed by atoms with Crippen LogP contribution in [-0.2, 0) is 4.74 Å². The summed E-state index contributed by atoms with van der Waals surface area (Å²) in [6.07, 6.45) is -2.94. The number of nitrogens with one attached hydrogen (secondary N) is 1. The molecule has 1 rings (SSSR count). The molecule has 0 saturated carbocycles. The molecule has 0 bridgehead atoms. The highest BCUT2D eigenvalue weighted by molar-refractivity contribution is 8.00. The molecule has 0 saturated heterocycles. The molecule has 0 amide bonds. The molecule has 0 aromatic carbocycles. The molecule has 1 N–H and O–H groups in total. The van der Waals surface area contributed by atoms with Crippen molar-refractivity contribution in [3.05, 3.63) is 23.9 Å². The Hall–Kier alpha value is -1.44. The summed E-state index contributed by atoms with van der Waals surface area (Å²) in [6.45, 7) is 0. The highest BCUT2D eigenvalue weighted by Gasteiger charge is 2.27. The molecule has 1 heterocycles. The highest BCUT2D eigenvalue weighted by atomic mass is 32.2. The van der Waals surface area contributed by atoms with Crippen LogP contribution in [-0.4, -0.2) is 30.0 Å². The van der Waals surface area contributed by atoms with E-state index in [1.807, 2.05) is 0 Å². The Kier molecular flexibility index (Phi) is 4.62. The van der Waals surface area contributed by atoms with Gasteiger partial charge < -0.3 is 9.46 Å². The number of aromatic nitrogens is 1. The molecule has 94 valence electrons. The minimum atomic E-state index is -4.25. The molecule has 0 spiro atoms. The summed E-state index contributed by atoms with van der Waals surface area (Å²) in [6, 6.07) is 2.72. The number of rotatable bonds is 4. The first-order valence-corrected chi connectivity index (χ1v) is 5.40. The number of carbonyl (C=O) groups is 1. The van der Waals surface area contributed by atoms with Crippen LogP contribution in [0.3, 0.4) is 0 Å². The van der Waals surface area contributed by atoms with E-state index in [-0.39, 0.29) is 11.4 Å². The third kappa shape index (κ3) is 4.94. The van der Waals surface area contributed by atoms with E-state index < -0.39 is 17.9 Å². The van der Waals surface area contributed by atoms with Gasteiger partial charge in [-0.25, -0.2) is 9.78 Å². The molecule has 1 aromatic heterocycles. The topological polar surface area (TPSA) is 51.2 Å². The fourth-order valence-electron chi connectivity index (χ4n) is 0.923. The maximum Gasteiger partial charge on any atom is 0.399 e. The summed E-state index contributed by atoms with van der Waals surface area (Å²) in [5.41, 5.74) is 0.220. The van der Waals surface area contributed by atoms with Gasteiger partial charge in [-0.05, 0) is 24.1 Å². The predicted molar refractivity (Wildman–Crippen MR) is 57.7 cm³/mol. The molecule has 0 aliphatic heterocycles. The second-order valence-corrected chi connectivity index (χ2v) is 3.71. The van der Waals surface area contributed by atoms with Crippen LogP contribution in [0.1, 0.15) is 10.4 Å². The predicted octanol–water partition coefficient (Wildman–Crippen LogP) is 2.49. The van der Waals surface area contributed by atoms with Gasteiger partial charge in [-0.2, -0.15) is 13.2 Å². The molecule has 0 radical (unpaired) electrons. The Morgan fingerprint density at radius 1 is 1.59 bits per heavy atom. The van der Waals surface area contributed by atoms with E-state index in [9.17, 15) is 18.0 Å². The zero-order valence-corrected chi connectivity index (χ0v) is 9.56. The van der Waals surface area contributed by atoms with Gasteiger partial charge >= 0.3 is 12.1 Å². The zero-order valence-electron chi connectivity index (χ0n) is 8.75. The molecule has 4 nitrogen and oxygen atoms in total. The van der Waals surface area contributed by atoms with Gasteiger partial charge in [0.25, 0.3) is 0 Å². The Morgan fingerprint density at radius 2 is 2.29 bits per heavy atom. The summed E-state index contributed by atoms with van der Waals surface area (Å²) in [5.74, 6) is -1.45. The van der Waals surface area contributed by atoms with Crippen molar-refractivity contribution < 1.29 is 22.7 Å². The molecule has 0 unspecified atom stereocenters. The first-order valence-electron chi connectivity index (χ1n) is 4.41. The molecular weight excluding hydrogens is 257 g/mol. The van der Waals surface area contributed by atoms with Crippen molar-refractivity contribution in [3.8, 4) is 0 Å². The second kappa shape index (κ2) is 5.76. The number of esters is 1. The van der Waals surface area contributed by atoms with E-state index in [2.05, 4.69) is 14.4 Å². The fourth-order valence-corrected chi connectivity index (χ4v) is 1.42. The number of hydrogen-bond donors (Lipinski definition) is 1. The number of pyridine rings is 1. The van der Waals surface area contributed by atoms with Crippen molar-refractivity contribution in [2.45, 2.75) is 6.18 Å². The standard InChI is InChI=1S/C9H9F3N2O2S/c1-16-8(15)6-2-3-13-7(4-6)14-17-5-9(10,11)12/h2-4H,5H2,1H3,(H,13,14). The van der Waals surface area contributed by atoms with E-state index in [0.717, 1.165) is 0 Å². The number of hydrogen-bond acceptors (Lipinski definition) is 5. The van der Waals surface area contributed by atoms with E-state index in [0.29, 0.717) is 11.9 Å². The normalized spacial score (nSPS) is 11.1. The Bertz CT molecular complexity index is 398. The maximum atomic E-state index is 11.9. The van der Waals surface area contributed by atoms with Crippen molar-refractivity contribution in [1.82, 2.24) is 4.98 Å². The molecule has 0 aliphatic carbocycles. The van der Waals surface area contributed by atoms with E-state index in [1.165, 1.54) is 25.4 Å². The van der Waals surface area contributed by atoms with Crippen LogP contribution >= 0.6 is 11.9 Å². The first-order chi connectivity index (χ1) is 7.92. The number of halogens is 3. The molecule has 17 heavy (non-hydrogen) atoms. The van der Waals surface area contributed by atoms with Crippen LogP contribution in [0.4, 0.5) is 19.0 Å². The average molecular weight is 266 g/mol. The first kappa shape index (κ1) is 13.6. The van der Waals surface area contributed by atoms with Crippen molar-refractivity contribution in [3.63, 3.8) is 0 Å². The van der Waals surface area contributed by atoms with Crippen LogP contribution in [0.15, 0.2) is 18.3 Å². The molecule has 8 heteroatoms. The third-order valence-corrected chi connectivity index (χ3v) is 2.42. The van der Waals surface area contributed by atoms with Gasteiger partial charge in [-0.3, -0.25) is 0 Å². The smallest absolute Gasteiger partial charge is 0.399 e. The minimum absolute atomic E-state index is 0.169. The molecule has 1 aromatic rings. The third-order valence-electron chi connectivity index (χ3n) is 1.59. The van der Waals surface area contributed by atoms with E-state index in [1.54, 1.807) is 0 Å². The van der Waals surface area contributed by atoms with Crippen LogP contribution < -0.4 is 4.72 Å². The molecule has 0 aliphatic rings. The SMILES string of the molecule is COC(=O)c1ccnc(NSCC(F)(F)F)c1. The van der Waals surface area contributed by atoms with Crippen molar-refractivity contribution in [2.24, 2.45) is 0 Å². The maximum absolute atomic E-state index is 11.9. The average Bonchev–Trinajstić information content (AvgIpc) is 2.27. The van der Waals surface area contributed by atoms with Gasteiger partial charge in [-0.1, -0.05) is 0 Å². The van der Waals surface area contributed by atoms with E-state index >= 15 is 0 Å². The van der Waals surface area contributed by atoms with Gasteiger partial charge in [0, 0.05) is 6.20 Å². The van der Waals surface area contributed by atoms with Crippen LogP contribution in [0.5, 0.6) is 0 Å². The van der Waals surface area contributed by atoms with Gasteiger partial charge in [0.2, 0.25) is 0 Å². The van der Waals surface area contributed by atoms with Gasteiger partial charge in [0.15, 0.2) is 0 Å². The summed E-state index contributed by atoms with van der Waals surface area (Å²) >= 11 is 0.452. The van der Waals surface area contributed by atoms with Gasteiger partial charge in [0.05, 0.1) is 12.7 Å². The Morgan fingerprint density at radius 3 is 2.88 bits per heavy atom. The highest BCUT2D eigenvalue weighted by Crippen LogP contribution is 2.22. The van der Waals surface area contributed by atoms with Crippen LogP contribution in [0, 0.1) is 0 Å². The Labute approximate surface area is 99.7 Å². The zero-order chi connectivity index (χ0) is 12.9. The fraction of sp³-hybridized carbons (Fsp3) is 0.333. The largest absolute Gasteiger partial charge is 0.465 e. The molecule has 0 fully saturated rings. The molecule has 0 atom stereocenters. The number of nitrogens with zero attached hydrogens (tertiary/aromatic N) is 1. The summed E-state index contributed by atoms with van der Waals surface area (Å²) in [5, 5.41) is 0. The summed E-state index contributed by atoms with van der Waals surface area (Å²) in [7, 11) is 1.22. The summed E-state index contributed by atoms with van der Waals surface area (Å²) in [4.78, 5) is 14.9. The van der Waals surface area contributed by atoms with Crippen molar-refractivity contribution in [2.75, 3.05) is 17.6 Å². The second-order valence-electron chi connectivity index (χ2n) is 2.93. The lowest BCUT2D eigenvalue weighted by atomic mass is 10.3. The van der Waals surface area contributed by atoms with Crippen LogP contribution in [0.2, 0.25) is 0 Å². The quantitative estimate of drug-likeness (QED) is 0.670. The number of anilines is 1. The molecular formula is C9H9F3N2O2S. The van der Waals surface area contributed by atoms with Crippen LogP contribution in [0.25, 0.3) is 0 Å². The van der Waals surface area contributed by atoms with Crippen molar-refractivity contribution in [1.29, 1.82) is 0 Å². The Balaban J connectivity index is 2.57. The number of methoxy groups -OCH3 is 1. The number of carbonyl (C=O) groups excluding carboxylic acids is 1. The lowest BCUT2D eigenvalue weighted by molar-refractivity contribution is -0.105. The number of alkyl halides is 3. The summed E-state index contributed by atoms with van der Waals surface area (Å²) < 4.78 is 42.5.